The van der Waals surface area contributed by atoms with Gasteiger partial charge < -0.3 is 10.2 Å². The molecule has 2 aliphatic carbocycles. The van der Waals surface area contributed by atoms with Crippen molar-refractivity contribution < 1.29 is 10.2 Å². The summed E-state index contributed by atoms with van der Waals surface area (Å²) in [6, 6.07) is 0. The van der Waals surface area contributed by atoms with Crippen LogP contribution in [0.1, 0.15) is 47.0 Å². The summed E-state index contributed by atoms with van der Waals surface area (Å²) in [5.74, 6) is 1.59. The van der Waals surface area contributed by atoms with Crippen LogP contribution in [-0.4, -0.2) is 21.9 Å². The summed E-state index contributed by atoms with van der Waals surface area (Å²) >= 11 is 0. The number of allylic oxidation sites excluding steroid dienone is 1. The number of aliphatic hydroxyl groups excluding tert-OH is 1. The molecule has 0 aromatic heterocycles. The van der Waals surface area contributed by atoms with Crippen molar-refractivity contribution >= 4 is 0 Å². The minimum atomic E-state index is -0.702. The lowest BCUT2D eigenvalue weighted by Crippen LogP contribution is -2.53. The lowest BCUT2D eigenvalue weighted by molar-refractivity contribution is -0.125. The third kappa shape index (κ3) is 2.30. The maximum absolute atomic E-state index is 10.5. The molecule has 0 aliphatic heterocycles. The van der Waals surface area contributed by atoms with Crippen molar-refractivity contribution in [1.82, 2.24) is 0 Å². The summed E-state index contributed by atoms with van der Waals surface area (Å²) in [5.41, 5.74) is 0.578. The third-order valence-electron chi connectivity index (χ3n) is 4.89. The summed E-state index contributed by atoms with van der Waals surface area (Å²) in [4.78, 5) is 0. The van der Waals surface area contributed by atoms with Gasteiger partial charge in [-0.25, -0.2) is 0 Å². The lowest BCUT2D eigenvalue weighted by atomic mass is 9.57. The molecule has 2 N–H and O–H groups in total. The van der Waals surface area contributed by atoms with Gasteiger partial charge in [0.25, 0.3) is 0 Å². The van der Waals surface area contributed by atoms with Crippen molar-refractivity contribution in [2.75, 3.05) is 0 Å². The predicted octanol–water partition coefficient (Wildman–Crippen LogP) is 2.75. The Morgan fingerprint density at radius 3 is 2.65 bits per heavy atom. The van der Waals surface area contributed by atoms with Crippen molar-refractivity contribution in [3.63, 3.8) is 0 Å². The van der Waals surface area contributed by atoms with E-state index in [1.54, 1.807) is 0 Å². The Bertz CT molecular complexity index is 317. The smallest absolute Gasteiger partial charge is 0.0678 e. The fourth-order valence-electron chi connectivity index (χ4n) is 4.03. The van der Waals surface area contributed by atoms with Crippen LogP contribution in [0.4, 0.5) is 0 Å². The van der Waals surface area contributed by atoms with Crippen molar-refractivity contribution in [2.45, 2.75) is 58.7 Å². The Kier molecular flexibility index (Phi) is 3.39. The van der Waals surface area contributed by atoms with Crippen molar-refractivity contribution in [1.29, 1.82) is 0 Å². The second kappa shape index (κ2) is 4.40. The van der Waals surface area contributed by atoms with E-state index in [-0.39, 0.29) is 12.0 Å². The standard InChI is InChI=1S/C15H26O2/c1-9(2)11-5-6-15(4,17)14-12(11)7-10(3)8-13(14)16/h7,9,11-14,16-17H,5-6,8H2,1-4H3/t11-,12-,13-,14-,15-/m0/s1. The van der Waals surface area contributed by atoms with Gasteiger partial charge in [0.1, 0.15) is 0 Å². The van der Waals surface area contributed by atoms with Gasteiger partial charge in [0.15, 0.2) is 0 Å². The van der Waals surface area contributed by atoms with Crippen LogP contribution < -0.4 is 0 Å². The van der Waals surface area contributed by atoms with Gasteiger partial charge in [0.05, 0.1) is 11.7 Å². The second-order valence-corrected chi connectivity index (χ2v) is 6.69. The average molecular weight is 238 g/mol. The summed E-state index contributed by atoms with van der Waals surface area (Å²) in [7, 11) is 0. The first-order valence-corrected chi connectivity index (χ1v) is 6.90. The van der Waals surface area contributed by atoms with Gasteiger partial charge in [-0.05, 0) is 50.9 Å². The van der Waals surface area contributed by atoms with Crippen molar-refractivity contribution in [2.24, 2.45) is 23.7 Å². The number of hydrogen-bond acceptors (Lipinski definition) is 2. The van der Waals surface area contributed by atoms with E-state index in [2.05, 4.69) is 26.8 Å². The molecule has 17 heavy (non-hydrogen) atoms. The topological polar surface area (TPSA) is 40.5 Å². The first-order chi connectivity index (χ1) is 7.83. The van der Waals surface area contributed by atoms with Crippen LogP contribution in [0.25, 0.3) is 0 Å². The summed E-state index contributed by atoms with van der Waals surface area (Å²) < 4.78 is 0. The second-order valence-electron chi connectivity index (χ2n) is 6.69. The molecule has 0 unspecified atom stereocenters. The quantitative estimate of drug-likeness (QED) is 0.690. The normalized spacial score (nSPS) is 46.6. The molecule has 98 valence electrons. The first kappa shape index (κ1) is 13.1. The van der Waals surface area contributed by atoms with E-state index in [1.165, 1.54) is 5.57 Å². The summed E-state index contributed by atoms with van der Waals surface area (Å²) in [5, 5.41) is 20.8. The van der Waals surface area contributed by atoms with Crippen LogP contribution in [0.2, 0.25) is 0 Å². The van der Waals surface area contributed by atoms with E-state index >= 15 is 0 Å². The minimum Gasteiger partial charge on any atom is -0.392 e. The van der Waals surface area contributed by atoms with Gasteiger partial charge >= 0.3 is 0 Å². The number of rotatable bonds is 1. The van der Waals surface area contributed by atoms with Gasteiger partial charge in [0.2, 0.25) is 0 Å². The molecule has 0 saturated heterocycles. The molecule has 0 aromatic carbocycles. The molecule has 2 nitrogen and oxygen atoms in total. The molecule has 0 amide bonds. The molecule has 0 radical (unpaired) electrons. The van der Waals surface area contributed by atoms with Gasteiger partial charge in [-0.1, -0.05) is 25.5 Å². The highest BCUT2D eigenvalue weighted by atomic mass is 16.3. The Morgan fingerprint density at radius 2 is 2.06 bits per heavy atom. The van der Waals surface area contributed by atoms with Crippen LogP contribution in [0.5, 0.6) is 0 Å². The monoisotopic (exact) mass is 238 g/mol. The van der Waals surface area contributed by atoms with Crippen LogP contribution in [-0.2, 0) is 0 Å². The third-order valence-corrected chi connectivity index (χ3v) is 4.89. The van der Waals surface area contributed by atoms with Gasteiger partial charge in [-0.15, -0.1) is 0 Å². The maximum atomic E-state index is 10.5. The molecule has 0 spiro atoms. The Hall–Kier alpha value is -0.340. The minimum absolute atomic E-state index is 0.0207. The highest BCUT2D eigenvalue weighted by molar-refractivity contribution is 5.16. The number of aliphatic hydroxyl groups is 2. The van der Waals surface area contributed by atoms with E-state index in [0.717, 1.165) is 19.3 Å². The van der Waals surface area contributed by atoms with Gasteiger partial charge in [0, 0.05) is 5.92 Å². The molecule has 2 rings (SSSR count). The van der Waals surface area contributed by atoms with Crippen LogP contribution in [0, 0.1) is 23.7 Å². The zero-order valence-electron chi connectivity index (χ0n) is 11.5. The Labute approximate surface area is 105 Å². The molecule has 5 atom stereocenters. The van der Waals surface area contributed by atoms with E-state index in [0.29, 0.717) is 17.8 Å². The largest absolute Gasteiger partial charge is 0.392 e. The molecule has 2 aliphatic rings. The lowest BCUT2D eigenvalue weighted by Gasteiger charge is -2.51. The summed E-state index contributed by atoms with van der Waals surface area (Å²) in [6.07, 6.45) is 4.56. The maximum Gasteiger partial charge on any atom is 0.0678 e. The Morgan fingerprint density at radius 1 is 1.41 bits per heavy atom. The predicted molar refractivity (Wildman–Crippen MR) is 69.5 cm³/mol. The SMILES string of the molecule is CC1=C[C@@H]2[C@@H]([C@@H](O)C1)[C@@](C)(O)CC[C@H]2C(C)C. The van der Waals surface area contributed by atoms with Crippen molar-refractivity contribution in [3.05, 3.63) is 11.6 Å². The summed E-state index contributed by atoms with van der Waals surface area (Å²) in [6.45, 7) is 8.51. The van der Waals surface area contributed by atoms with Crippen LogP contribution >= 0.6 is 0 Å². The molecule has 0 aromatic rings. The number of fused-ring (bicyclic) bond motifs is 1. The first-order valence-electron chi connectivity index (χ1n) is 6.90. The van der Waals surface area contributed by atoms with E-state index in [9.17, 15) is 10.2 Å². The molecular formula is C15H26O2. The van der Waals surface area contributed by atoms with Gasteiger partial charge in [-0.3, -0.25) is 0 Å². The van der Waals surface area contributed by atoms with Crippen LogP contribution in [0.3, 0.4) is 0 Å². The molecule has 1 saturated carbocycles. The number of hydrogen-bond donors (Lipinski definition) is 2. The molecular weight excluding hydrogens is 212 g/mol. The average Bonchev–Trinajstić information content (AvgIpc) is 2.14. The van der Waals surface area contributed by atoms with Crippen molar-refractivity contribution in [3.8, 4) is 0 Å². The van der Waals surface area contributed by atoms with Gasteiger partial charge in [-0.2, -0.15) is 0 Å². The van der Waals surface area contributed by atoms with E-state index in [1.807, 2.05) is 6.92 Å². The highest BCUT2D eigenvalue weighted by Gasteiger charge is 2.49. The van der Waals surface area contributed by atoms with E-state index < -0.39 is 5.60 Å². The highest BCUT2D eigenvalue weighted by Crippen LogP contribution is 2.49. The fourth-order valence-corrected chi connectivity index (χ4v) is 4.03. The van der Waals surface area contributed by atoms with E-state index in [4.69, 9.17) is 0 Å². The zero-order valence-corrected chi connectivity index (χ0v) is 11.5. The molecule has 2 heteroatoms. The molecule has 1 fully saturated rings. The molecule has 0 heterocycles. The molecule has 0 bridgehead atoms. The van der Waals surface area contributed by atoms with Crippen LogP contribution in [0.15, 0.2) is 11.6 Å². The fraction of sp³-hybridized carbons (Fsp3) is 0.867. The zero-order chi connectivity index (χ0) is 12.8. The Balaban J connectivity index is 2.35.